The van der Waals surface area contributed by atoms with Crippen molar-refractivity contribution in [2.75, 3.05) is 0 Å². The minimum atomic E-state index is -0.443. The first-order chi connectivity index (χ1) is 32.9. The lowest BCUT2D eigenvalue weighted by Crippen LogP contribution is -2.07. The molecule has 0 saturated heterocycles. The highest BCUT2D eigenvalue weighted by atomic mass is 15.2. The molecule has 0 aliphatic heterocycles. The Labute approximate surface area is 365 Å². The smallest absolute Gasteiger partial charge is 0.238 e. The van der Waals surface area contributed by atoms with Gasteiger partial charge in [-0.15, -0.1) is 0 Å². The molecule has 9 aromatic carbocycles. The second-order valence-corrected chi connectivity index (χ2v) is 15.2. The van der Waals surface area contributed by atoms with Crippen LogP contribution in [0, 0.1) is 0 Å². The molecule has 3 aromatic heterocycles. The topological polar surface area (TPSA) is 48.5 Å². The third-order valence-corrected chi connectivity index (χ3v) is 11.7. The molecule has 290 valence electrons. The molecule has 0 unspecified atom stereocenters. The van der Waals surface area contributed by atoms with Crippen LogP contribution in [0.4, 0.5) is 0 Å². The molecule has 0 saturated carbocycles. The highest BCUT2D eigenvalue weighted by molar-refractivity contribution is 6.24. The number of para-hydroxylation sites is 3. The van der Waals surface area contributed by atoms with Crippen LogP contribution in [0.2, 0.25) is 0 Å². The first kappa shape index (κ1) is 30.6. The van der Waals surface area contributed by atoms with Gasteiger partial charge in [0.2, 0.25) is 5.95 Å². The lowest BCUT2D eigenvalue weighted by molar-refractivity contribution is 0.953. The summed E-state index contributed by atoms with van der Waals surface area (Å²) in [6.45, 7) is 0. The number of rotatable bonds is 7. The van der Waals surface area contributed by atoms with Crippen molar-refractivity contribution < 1.29 is 6.85 Å². The van der Waals surface area contributed by atoms with Crippen LogP contribution in [0.15, 0.2) is 224 Å². The Morgan fingerprint density at radius 3 is 1.39 bits per heavy atom. The second-order valence-electron chi connectivity index (χ2n) is 15.2. The molecule has 0 aliphatic carbocycles. The van der Waals surface area contributed by atoms with E-state index in [1.807, 2.05) is 121 Å². The molecule has 0 fully saturated rings. The molecule has 12 aromatic rings. The molecule has 12 rings (SSSR count). The summed E-state index contributed by atoms with van der Waals surface area (Å²) >= 11 is 0. The molecule has 5 nitrogen and oxygen atoms in total. The van der Waals surface area contributed by atoms with Crippen molar-refractivity contribution in [2.24, 2.45) is 0 Å². The predicted molar refractivity (Wildman–Crippen MR) is 256 cm³/mol. The summed E-state index contributed by atoms with van der Waals surface area (Å²) < 4.78 is 48.9. The predicted octanol–water partition coefficient (Wildman–Crippen LogP) is 14.4. The highest BCUT2D eigenvalue weighted by Crippen LogP contribution is 2.45. The first-order valence-electron chi connectivity index (χ1n) is 23.0. The third kappa shape index (κ3) is 5.82. The molecule has 0 atom stereocenters. The largest absolute Gasteiger partial charge is 0.306 e. The van der Waals surface area contributed by atoms with Crippen molar-refractivity contribution in [3.8, 4) is 67.8 Å². The fourth-order valence-electron chi connectivity index (χ4n) is 8.91. The summed E-state index contributed by atoms with van der Waals surface area (Å²) in [7, 11) is 0. The molecule has 3 heterocycles. The molecule has 0 spiro atoms. The number of hydrogen-bond donors (Lipinski definition) is 0. The van der Waals surface area contributed by atoms with Gasteiger partial charge in [-0.1, -0.05) is 212 Å². The van der Waals surface area contributed by atoms with Gasteiger partial charge >= 0.3 is 0 Å². The molecule has 0 amide bonds. The van der Waals surface area contributed by atoms with Gasteiger partial charge in [0.25, 0.3) is 0 Å². The van der Waals surface area contributed by atoms with Gasteiger partial charge in [-0.25, -0.2) is 4.98 Å². The number of hydrogen-bond acceptors (Lipinski definition) is 3. The van der Waals surface area contributed by atoms with Crippen LogP contribution in [0.5, 0.6) is 0 Å². The van der Waals surface area contributed by atoms with Crippen LogP contribution in [-0.2, 0) is 0 Å². The van der Waals surface area contributed by atoms with E-state index in [4.69, 9.17) is 19.1 Å². The fraction of sp³-hybridized carbons (Fsp3) is 0. The summed E-state index contributed by atoms with van der Waals surface area (Å²) in [4.78, 5) is 15.8. The lowest BCUT2D eigenvalue weighted by Gasteiger charge is -2.20. The van der Waals surface area contributed by atoms with Gasteiger partial charge in [-0.05, 0) is 34.4 Å². The summed E-state index contributed by atoms with van der Waals surface area (Å²) in [5, 5.41) is 3.89. The van der Waals surface area contributed by atoms with Crippen LogP contribution in [0.1, 0.15) is 6.85 Å². The van der Waals surface area contributed by atoms with Crippen LogP contribution in [0.25, 0.3) is 111 Å². The normalized spacial score (nSPS) is 12.7. The molecular formula is C57H37N5. The molecule has 0 bridgehead atoms. The van der Waals surface area contributed by atoms with Crippen LogP contribution in [-0.4, -0.2) is 24.1 Å². The van der Waals surface area contributed by atoms with E-state index in [0.717, 1.165) is 77.0 Å². The minimum Gasteiger partial charge on any atom is -0.306 e. The van der Waals surface area contributed by atoms with Gasteiger partial charge in [0, 0.05) is 43.8 Å². The summed E-state index contributed by atoms with van der Waals surface area (Å²) in [6.07, 6.45) is 0. The van der Waals surface area contributed by atoms with Gasteiger partial charge in [-0.2, -0.15) is 9.97 Å². The summed E-state index contributed by atoms with van der Waals surface area (Å²) in [5.41, 5.74) is 10.3. The maximum atomic E-state index is 9.28. The molecule has 0 N–H and O–H groups in total. The minimum absolute atomic E-state index is 0.116. The van der Waals surface area contributed by atoms with Crippen molar-refractivity contribution in [2.45, 2.75) is 0 Å². The molecule has 62 heavy (non-hydrogen) atoms. The third-order valence-electron chi connectivity index (χ3n) is 11.7. The number of aromatic nitrogens is 5. The zero-order valence-electron chi connectivity index (χ0n) is 38.2. The second kappa shape index (κ2) is 14.7. The quantitative estimate of drug-likeness (QED) is 0.161. The SMILES string of the molecule is [2H]c1c([2H])c([2H])c(-c2cccc(-c3ccccc3)c2-n2c3ccccc3c3ccc4c5ccccc5n(-c5nc(-c6ccccc6)nc(-c6ccc(-c7ccccc7)cc6)n5)c4c32)c([2H])c1[2H]. The van der Waals surface area contributed by atoms with E-state index in [2.05, 4.69) is 81.9 Å². The molecule has 0 radical (unpaired) electrons. The van der Waals surface area contributed by atoms with Gasteiger partial charge in [-0.3, -0.25) is 4.57 Å². The lowest BCUT2D eigenvalue weighted by atomic mass is 9.95. The Bertz CT molecular complexity index is 3880. The molecular weight excluding hydrogens is 755 g/mol. The van der Waals surface area contributed by atoms with E-state index in [1.165, 1.54) is 0 Å². The van der Waals surface area contributed by atoms with Crippen LogP contribution in [0.3, 0.4) is 0 Å². The standard InChI is InChI=1S/C57H37N5/c1-5-18-38(19-6-1)39-32-34-43(35-33-39)56-58-55(42-24-11-4-12-25-42)59-57(60-56)62-51-31-16-14-27-47(51)49-37-36-48-46-26-13-15-30-50(46)61(53(48)54(49)62)52-44(40-20-7-2-8-21-40)28-17-29-45(52)41-22-9-3-10-23-41/h1-37H/i2D,7D,8D,20D,21D. The zero-order chi connectivity index (χ0) is 45.3. The average Bonchev–Trinajstić information content (AvgIpc) is 3.91. The van der Waals surface area contributed by atoms with Gasteiger partial charge in [0.05, 0.1) is 34.6 Å². The number of fused-ring (bicyclic) bond motifs is 7. The Kier molecular flexibility index (Phi) is 7.25. The van der Waals surface area contributed by atoms with Gasteiger partial charge in [0.15, 0.2) is 11.6 Å². The Morgan fingerprint density at radius 1 is 0.323 bits per heavy atom. The van der Waals surface area contributed by atoms with E-state index < -0.39 is 18.1 Å². The zero-order valence-corrected chi connectivity index (χ0v) is 33.2. The Hall–Kier alpha value is -8.41. The van der Waals surface area contributed by atoms with Crippen molar-refractivity contribution in [1.29, 1.82) is 0 Å². The maximum Gasteiger partial charge on any atom is 0.238 e. The van der Waals surface area contributed by atoms with Crippen molar-refractivity contribution in [3.63, 3.8) is 0 Å². The van der Waals surface area contributed by atoms with E-state index in [-0.39, 0.29) is 17.6 Å². The van der Waals surface area contributed by atoms with E-state index in [1.54, 1.807) is 0 Å². The average molecular weight is 797 g/mol. The molecule has 5 heteroatoms. The van der Waals surface area contributed by atoms with E-state index in [0.29, 0.717) is 28.8 Å². The summed E-state index contributed by atoms with van der Waals surface area (Å²) in [5.74, 6) is 1.46. The Balaban J connectivity index is 1.23. The molecule has 0 aliphatic rings. The van der Waals surface area contributed by atoms with Crippen LogP contribution < -0.4 is 0 Å². The first-order valence-corrected chi connectivity index (χ1v) is 20.5. The van der Waals surface area contributed by atoms with Gasteiger partial charge < -0.3 is 4.57 Å². The Morgan fingerprint density at radius 2 is 0.774 bits per heavy atom. The number of benzene rings is 9. The van der Waals surface area contributed by atoms with Crippen molar-refractivity contribution in [1.82, 2.24) is 24.1 Å². The summed E-state index contributed by atoms with van der Waals surface area (Å²) in [6, 6.07) is 63.3. The van der Waals surface area contributed by atoms with Crippen molar-refractivity contribution in [3.05, 3.63) is 224 Å². The fourth-order valence-corrected chi connectivity index (χ4v) is 8.91. The number of nitrogens with zero attached hydrogens (tertiary/aromatic N) is 5. The van der Waals surface area contributed by atoms with E-state index >= 15 is 0 Å². The van der Waals surface area contributed by atoms with E-state index in [9.17, 15) is 2.74 Å². The maximum absolute atomic E-state index is 9.28. The monoisotopic (exact) mass is 796 g/mol. The van der Waals surface area contributed by atoms with Gasteiger partial charge in [0.1, 0.15) is 0 Å². The van der Waals surface area contributed by atoms with Crippen LogP contribution >= 0.6 is 0 Å². The van der Waals surface area contributed by atoms with Crippen molar-refractivity contribution >= 4 is 43.6 Å². The highest BCUT2D eigenvalue weighted by Gasteiger charge is 2.26.